The van der Waals surface area contributed by atoms with Crippen molar-refractivity contribution in [1.82, 2.24) is 44.9 Å². The Hall–Kier alpha value is -6.16. The van der Waals surface area contributed by atoms with Gasteiger partial charge in [-0.25, -0.2) is 5.43 Å². The Morgan fingerprint density at radius 3 is 2.45 bits per heavy atom. The Morgan fingerprint density at radius 2 is 1.76 bits per heavy atom. The minimum Gasteiger partial charge on any atom is -0.464 e. The van der Waals surface area contributed by atoms with Crippen LogP contribution in [0.1, 0.15) is 83.7 Å². The average Bonchev–Trinajstić information content (AvgIpc) is 3.92. The minimum atomic E-state index is -1.96. The van der Waals surface area contributed by atoms with Crippen molar-refractivity contribution in [2.75, 3.05) is 74.6 Å². The molecule has 5 atom stereocenters. The fourth-order valence-corrected chi connectivity index (χ4v) is 11.3. The molecule has 4 aliphatic rings. The molecule has 4 amide bonds. The molecule has 0 aliphatic carbocycles. The van der Waals surface area contributed by atoms with Crippen LogP contribution >= 0.6 is 0 Å². The number of aromatic nitrogens is 2. The van der Waals surface area contributed by atoms with Crippen LogP contribution in [-0.4, -0.2) is 173 Å². The van der Waals surface area contributed by atoms with Crippen LogP contribution in [0.5, 0.6) is 0 Å². The lowest BCUT2D eigenvalue weighted by Gasteiger charge is -2.49. The molecule has 2 aromatic carbocycles. The number of methoxy groups -OCH3 is 1. The highest BCUT2D eigenvalue weighted by molar-refractivity contribution is 5.98. The molecule has 0 saturated carbocycles. The highest BCUT2D eigenvalue weighted by Gasteiger charge is 2.49. The van der Waals surface area contributed by atoms with E-state index in [0.29, 0.717) is 38.9 Å². The smallest absolute Gasteiger partial charge is 0.324 e. The molecular weight excluding hydrogens is 939 g/mol. The lowest BCUT2D eigenvalue weighted by molar-refractivity contribution is -0.156. The van der Waals surface area contributed by atoms with E-state index in [9.17, 15) is 29.1 Å². The van der Waals surface area contributed by atoms with Gasteiger partial charge < -0.3 is 39.2 Å². The number of cyclic esters (lactones) is 1. The second kappa shape index (κ2) is 21.6. The summed E-state index contributed by atoms with van der Waals surface area (Å²) in [5.74, 6) is 2.74. The molecular formula is C57H75N9O8. The molecule has 17 heteroatoms. The fourth-order valence-electron chi connectivity index (χ4n) is 11.3. The monoisotopic (exact) mass is 1010 g/mol. The first-order chi connectivity index (χ1) is 35.1. The van der Waals surface area contributed by atoms with Gasteiger partial charge in [0, 0.05) is 87.8 Å². The van der Waals surface area contributed by atoms with Crippen LogP contribution in [0.4, 0.5) is 0 Å². The van der Waals surface area contributed by atoms with Gasteiger partial charge in [0.25, 0.3) is 17.7 Å². The number of ether oxygens (including phenoxy) is 2. The Morgan fingerprint density at radius 1 is 1.01 bits per heavy atom. The zero-order chi connectivity index (χ0) is 53.4. The Kier molecular flexibility index (Phi) is 15.8. The predicted octanol–water partition coefficient (Wildman–Crippen LogP) is 4.44. The number of pyridine rings is 1. The number of carbonyl (C=O) groups is 5. The summed E-state index contributed by atoms with van der Waals surface area (Å²) in [4.78, 5) is 82.9. The number of aliphatic hydroxyl groups is 1. The van der Waals surface area contributed by atoms with Crippen molar-refractivity contribution in [3.05, 3.63) is 77.6 Å². The molecule has 2 aromatic heterocycles. The van der Waals surface area contributed by atoms with Gasteiger partial charge in [-0.05, 0) is 113 Å². The number of benzene rings is 2. The maximum atomic E-state index is 14.9. The molecule has 0 radical (unpaired) electrons. The lowest BCUT2D eigenvalue weighted by Crippen LogP contribution is -2.66. The van der Waals surface area contributed by atoms with Crippen molar-refractivity contribution >= 4 is 40.5 Å². The van der Waals surface area contributed by atoms with Gasteiger partial charge in [0.2, 0.25) is 5.91 Å². The topological polar surface area (TPSA) is 182 Å². The number of hydrogen-bond acceptors (Lipinski definition) is 12. The van der Waals surface area contributed by atoms with Gasteiger partial charge in [0.1, 0.15) is 23.7 Å². The third kappa shape index (κ3) is 10.8. The highest BCUT2D eigenvalue weighted by atomic mass is 16.5. The van der Waals surface area contributed by atoms with Crippen molar-refractivity contribution in [3.8, 4) is 34.2 Å². The van der Waals surface area contributed by atoms with E-state index in [4.69, 9.17) is 14.5 Å². The van der Waals surface area contributed by atoms with Gasteiger partial charge in [-0.2, -0.15) is 0 Å². The normalized spacial score (nSPS) is 22.8. The van der Waals surface area contributed by atoms with E-state index in [0.717, 1.165) is 50.1 Å². The van der Waals surface area contributed by atoms with Crippen LogP contribution in [-0.2, 0) is 52.8 Å². The van der Waals surface area contributed by atoms with Crippen LogP contribution < -0.4 is 10.7 Å². The lowest BCUT2D eigenvalue weighted by atomic mass is 9.84. The van der Waals surface area contributed by atoms with E-state index < -0.39 is 70.2 Å². The molecule has 6 bridgehead atoms. The summed E-state index contributed by atoms with van der Waals surface area (Å²) in [7, 11) is 8.99. The van der Waals surface area contributed by atoms with Crippen molar-refractivity contribution in [1.29, 1.82) is 0 Å². The minimum absolute atomic E-state index is 0.0320. The molecule has 4 aliphatic heterocycles. The molecule has 4 aromatic rings. The van der Waals surface area contributed by atoms with E-state index in [1.807, 2.05) is 63.3 Å². The van der Waals surface area contributed by atoms with E-state index in [1.54, 1.807) is 27.2 Å². The van der Waals surface area contributed by atoms with Crippen LogP contribution in [0.2, 0.25) is 0 Å². The van der Waals surface area contributed by atoms with E-state index >= 15 is 0 Å². The molecule has 17 nitrogen and oxygen atoms in total. The van der Waals surface area contributed by atoms with Gasteiger partial charge in [0.15, 0.2) is 5.60 Å². The number of aryl methyl sites for hydroxylation is 1. The number of nitrogens with zero attached hydrogens (tertiary/aromatic N) is 7. The SMILES string of the molecule is CCn1c(-c2cccnc2[C@H](C)OC)c2c3cc(ccc31)-c1cccc(c1)C[C@H](NC(=O)[C@H](C(C)C)N(C)C(=O)C1(O)CCN(C(=O)C#CC3(N(C)C)CN(C)C3)C1)C(=O)N1CCC[C@H](N1)C(=O)OCC(C)(C)C2. The third-order valence-corrected chi connectivity index (χ3v) is 15.5. The van der Waals surface area contributed by atoms with Crippen LogP contribution in [0.15, 0.2) is 60.8 Å². The summed E-state index contributed by atoms with van der Waals surface area (Å²) in [6.45, 7) is 14.2. The maximum Gasteiger partial charge on any atom is 0.324 e. The number of nitrogens with one attached hydrogen (secondary N) is 2. The number of hydrogen-bond donors (Lipinski definition) is 3. The molecule has 3 N–H and O–H groups in total. The van der Waals surface area contributed by atoms with Gasteiger partial charge in [-0.3, -0.25) is 38.9 Å². The number of likely N-dealkylation sites (N-methyl/N-ethyl adjacent to an activating group) is 3. The largest absolute Gasteiger partial charge is 0.464 e. The first-order valence-electron chi connectivity index (χ1n) is 26.0. The molecule has 396 valence electrons. The highest BCUT2D eigenvalue weighted by Crippen LogP contribution is 2.42. The molecule has 3 fully saturated rings. The Balaban J connectivity index is 1.11. The Bertz CT molecular complexity index is 2860. The van der Waals surface area contributed by atoms with E-state index in [1.165, 1.54) is 21.9 Å². The number of amides is 4. The first kappa shape index (κ1) is 54.1. The summed E-state index contributed by atoms with van der Waals surface area (Å²) in [5.41, 5.74) is 7.83. The Labute approximate surface area is 435 Å². The number of β-amino-alcohol motifs (C(OH)–C–C–N with tert-alkyl or cyclic N) is 1. The van der Waals surface area contributed by atoms with Gasteiger partial charge in [0.05, 0.1) is 30.6 Å². The maximum absolute atomic E-state index is 14.9. The van der Waals surface area contributed by atoms with Crippen molar-refractivity contribution in [3.63, 3.8) is 0 Å². The summed E-state index contributed by atoms with van der Waals surface area (Å²) >= 11 is 0. The first-order valence-corrected chi connectivity index (χ1v) is 26.0. The van der Waals surface area contributed by atoms with Gasteiger partial charge >= 0.3 is 5.97 Å². The quantitative estimate of drug-likeness (QED) is 0.150. The second-order valence-corrected chi connectivity index (χ2v) is 22.3. The number of likely N-dealkylation sites (tertiary alicyclic amines) is 2. The number of fused-ring (bicyclic) bond motifs is 6. The van der Waals surface area contributed by atoms with E-state index in [-0.39, 0.29) is 45.2 Å². The summed E-state index contributed by atoms with van der Waals surface area (Å²) in [6, 6.07) is 15.4. The molecule has 0 spiro atoms. The average molecular weight is 1010 g/mol. The second-order valence-electron chi connectivity index (χ2n) is 22.3. The number of rotatable bonds is 10. The molecule has 1 unspecified atom stereocenters. The van der Waals surface area contributed by atoms with Crippen LogP contribution in [0, 0.1) is 23.2 Å². The fraction of sp³-hybridized carbons (Fsp3) is 0.544. The van der Waals surface area contributed by atoms with Crippen molar-refractivity contribution in [2.24, 2.45) is 11.3 Å². The summed E-state index contributed by atoms with van der Waals surface area (Å²) < 4.78 is 14.3. The molecule has 3 saturated heterocycles. The van der Waals surface area contributed by atoms with Gasteiger partial charge in [-0.15, -0.1) is 0 Å². The van der Waals surface area contributed by atoms with E-state index in [2.05, 4.69) is 77.1 Å². The summed E-state index contributed by atoms with van der Waals surface area (Å²) in [6.07, 6.45) is 3.09. The number of esters is 1. The number of carbonyl (C=O) groups excluding carboxylic acids is 5. The number of hydrazine groups is 1. The summed E-state index contributed by atoms with van der Waals surface area (Å²) in [5, 5.41) is 17.3. The standard InChI is InChI=1S/C57H75N9O8/c1-12-65-46-21-20-40-30-42(46)43(50(65)41-18-14-25-58-48(41)37(4)73-11)31-55(5,6)35-74-53(70)44-19-15-26-66(60-44)52(69)45(29-38-16-13-17-39(40)28-38)59-51(68)49(36(2)3)63(10)54(71)57(72)24-27-64(34-57)47(67)22-23-56(61(7)8)32-62(9)33-56/h13-14,16-18,20-21,25,28,30,36-37,44-45,49,60,72H,12,15,19,24,26-27,29,31-35H2,1-11H3,(H,59,68)/t37-,44-,45-,49-,57?/m0/s1. The van der Waals surface area contributed by atoms with Crippen molar-refractivity contribution in [2.45, 2.75) is 116 Å². The zero-order valence-corrected chi connectivity index (χ0v) is 45.1. The molecule has 74 heavy (non-hydrogen) atoms. The molecule has 8 rings (SSSR count). The van der Waals surface area contributed by atoms with Crippen molar-refractivity contribution < 1.29 is 38.6 Å². The predicted molar refractivity (Wildman–Crippen MR) is 283 cm³/mol. The van der Waals surface area contributed by atoms with Crippen LogP contribution in [0.25, 0.3) is 33.3 Å². The van der Waals surface area contributed by atoms with Gasteiger partial charge in [-0.1, -0.05) is 63.9 Å². The molecule has 6 heterocycles. The third-order valence-electron chi connectivity index (χ3n) is 15.5. The zero-order valence-electron chi connectivity index (χ0n) is 45.1. The van der Waals surface area contributed by atoms with Crippen LogP contribution in [0.3, 0.4) is 0 Å².